The summed E-state index contributed by atoms with van der Waals surface area (Å²) in [7, 11) is -3.53. The van der Waals surface area contributed by atoms with Crippen LogP contribution in [0.25, 0.3) is 0 Å². The highest BCUT2D eigenvalue weighted by molar-refractivity contribution is 7.89. The Labute approximate surface area is 119 Å². The molecule has 110 valence electrons. The van der Waals surface area contributed by atoms with E-state index in [1.807, 2.05) is 6.92 Å². The molecule has 2 N–H and O–H groups in total. The number of hydrogen-bond acceptors (Lipinski definition) is 4. The first-order chi connectivity index (χ1) is 8.92. The maximum Gasteiger partial charge on any atom is 0.242 e. The van der Waals surface area contributed by atoms with Crippen molar-refractivity contribution in [1.82, 2.24) is 4.72 Å². The molecule has 4 nitrogen and oxygen atoms in total. The third-order valence-electron chi connectivity index (χ3n) is 3.00. The molecule has 0 fully saturated rings. The number of aryl methyl sites for hydroxylation is 1. The van der Waals surface area contributed by atoms with Crippen LogP contribution in [0.15, 0.2) is 10.3 Å². The summed E-state index contributed by atoms with van der Waals surface area (Å²) < 4.78 is 27.3. The Hall–Kier alpha value is -0.430. The minimum absolute atomic E-state index is 0.0811. The van der Waals surface area contributed by atoms with E-state index < -0.39 is 10.0 Å². The van der Waals surface area contributed by atoms with Gasteiger partial charge in [0.2, 0.25) is 10.0 Å². The predicted octanol–water partition coefficient (Wildman–Crippen LogP) is 2.80. The number of sulfonamides is 1. The van der Waals surface area contributed by atoms with Gasteiger partial charge in [-0.25, -0.2) is 13.1 Å². The van der Waals surface area contributed by atoms with E-state index in [1.165, 1.54) is 11.3 Å². The van der Waals surface area contributed by atoms with Crippen LogP contribution in [0.4, 0.5) is 0 Å². The Kier molecular flexibility index (Phi) is 6.46. The Morgan fingerprint density at radius 3 is 2.68 bits per heavy atom. The van der Waals surface area contributed by atoms with Gasteiger partial charge < -0.3 is 5.11 Å². The molecule has 1 unspecified atom stereocenters. The van der Waals surface area contributed by atoms with E-state index >= 15 is 0 Å². The van der Waals surface area contributed by atoms with Crippen LogP contribution in [0.1, 0.15) is 50.0 Å². The zero-order valence-electron chi connectivity index (χ0n) is 11.8. The molecular formula is C13H23NO3S2. The molecule has 0 aliphatic heterocycles. The third-order valence-corrected chi connectivity index (χ3v) is 6.04. The van der Waals surface area contributed by atoms with Crippen LogP contribution in [0.3, 0.4) is 0 Å². The highest BCUT2D eigenvalue weighted by Crippen LogP contribution is 2.27. The minimum atomic E-state index is -3.53. The van der Waals surface area contributed by atoms with E-state index in [0.29, 0.717) is 10.4 Å². The first-order valence-corrected chi connectivity index (χ1v) is 8.98. The van der Waals surface area contributed by atoms with E-state index in [2.05, 4.69) is 11.6 Å². The summed E-state index contributed by atoms with van der Waals surface area (Å²) in [6.45, 7) is 5.52. The van der Waals surface area contributed by atoms with Crippen LogP contribution in [-0.4, -0.2) is 19.6 Å². The van der Waals surface area contributed by atoms with Gasteiger partial charge in [-0.2, -0.15) is 0 Å². The first-order valence-electron chi connectivity index (χ1n) is 6.62. The largest absolute Gasteiger partial charge is 0.391 e. The number of thiophene rings is 1. The van der Waals surface area contributed by atoms with E-state index in [0.717, 1.165) is 25.7 Å². The second-order valence-corrected chi connectivity index (χ2v) is 7.46. The standard InChI is InChI=1S/C13H23NO3S2/c1-4-5-6-7-11(3)14-19(16,17)13-10(2)9-18-12(13)8-15/h9,11,14-15H,4-8H2,1-3H3. The van der Waals surface area contributed by atoms with Crippen LogP contribution in [0, 0.1) is 6.92 Å². The molecule has 0 amide bonds. The summed E-state index contributed by atoms with van der Waals surface area (Å²) in [4.78, 5) is 0.757. The van der Waals surface area contributed by atoms with Gasteiger partial charge in [0.15, 0.2) is 0 Å². The van der Waals surface area contributed by atoms with Gasteiger partial charge in [0.25, 0.3) is 0 Å². The van der Waals surface area contributed by atoms with Crippen molar-refractivity contribution in [2.45, 2.75) is 64.0 Å². The van der Waals surface area contributed by atoms with E-state index in [-0.39, 0.29) is 17.5 Å². The van der Waals surface area contributed by atoms with Crippen molar-refractivity contribution in [3.8, 4) is 0 Å². The van der Waals surface area contributed by atoms with Crippen molar-refractivity contribution >= 4 is 21.4 Å². The maximum absolute atomic E-state index is 12.3. The van der Waals surface area contributed by atoms with Crippen molar-refractivity contribution in [2.24, 2.45) is 0 Å². The van der Waals surface area contributed by atoms with Gasteiger partial charge in [-0.1, -0.05) is 26.2 Å². The summed E-state index contributed by atoms with van der Waals surface area (Å²) in [5, 5.41) is 11.0. The van der Waals surface area contributed by atoms with Gasteiger partial charge in [0.1, 0.15) is 4.90 Å². The summed E-state index contributed by atoms with van der Waals surface area (Å²) in [6, 6.07) is -0.0811. The number of hydrogen-bond donors (Lipinski definition) is 2. The lowest BCUT2D eigenvalue weighted by Crippen LogP contribution is -2.33. The highest BCUT2D eigenvalue weighted by atomic mass is 32.2. The number of aliphatic hydroxyl groups excluding tert-OH is 1. The Morgan fingerprint density at radius 2 is 2.11 bits per heavy atom. The molecule has 1 heterocycles. The minimum Gasteiger partial charge on any atom is -0.391 e. The van der Waals surface area contributed by atoms with Crippen LogP contribution in [0.2, 0.25) is 0 Å². The maximum atomic E-state index is 12.3. The van der Waals surface area contributed by atoms with Gasteiger partial charge in [-0.05, 0) is 31.2 Å². The molecule has 0 spiro atoms. The monoisotopic (exact) mass is 305 g/mol. The molecule has 0 saturated heterocycles. The van der Waals surface area contributed by atoms with Gasteiger partial charge in [-0.15, -0.1) is 11.3 Å². The first kappa shape index (κ1) is 16.6. The zero-order chi connectivity index (χ0) is 14.5. The second-order valence-electron chi connectivity index (χ2n) is 4.85. The molecule has 1 aromatic heterocycles. The van der Waals surface area contributed by atoms with E-state index in [4.69, 9.17) is 0 Å². The molecule has 0 aromatic carbocycles. The fraction of sp³-hybridized carbons (Fsp3) is 0.692. The van der Waals surface area contributed by atoms with E-state index in [9.17, 15) is 13.5 Å². The molecule has 1 rings (SSSR count). The lowest BCUT2D eigenvalue weighted by atomic mass is 10.1. The molecule has 1 atom stereocenters. The molecule has 6 heteroatoms. The molecule has 1 aromatic rings. The fourth-order valence-electron chi connectivity index (χ4n) is 2.04. The van der Waals surface area contributed by atoms with Crippen LogP contribution in [0.5, 0.6) is 0 Å². The van der Waals surface area contributed by atoms with Crippen molar-refractivity contribution in [3.05, 3.63) is 15.8 Å². The Morgan fingerprint density at radius 1 is 1.42 bits per heavy atom. The van der Waals surface area contributed by atoms with Crippen molar-refractivity contribution in [1.29, 1.82) is 0 Å². The summed E-state index contributed by atoms with van der Waals surface area (Å²) in [5.41, 5.74) is 0.697. The summed E-state index contributed by atoms with van der Waals surface area (Å²) in [6.07, 6.45) is 4.10. The van der Waals surface area contributed by atoms with E-state index in [1.54, 1.807) is 12.3 Å². The normalized spacial score (nSPS) is 13.7. The average molecular weight is 305 g/mol. The SMILES string of the molecule is CCCCCC(C)NS(=O)(=O)c1c(C)csc1CO. The second kappa shape index (κ2) is 7.38. The Balaban J connectivity index is 2.78. The van der Waals surface area contributed by atoms with Gasteiger partial charge in [0, 0.05) is 6.04 Å². The lowest BCUT2D eigenvalue weighted by molar-refractivity contribution is 0.282. The molecule has 19 heavy (non-hydrogen) atoms. The van der Waals surface area contributed by atoms with Crippen LogP contribution in [-0.2, 0) is 16.6 Å². The topological polar surface area (TPSA) is 66.4 Å². The van der Waals surface area contributed by atoms with Crippen molar-refractivity contribution < 1.29 is 13.5 Å². The van der Waals surface area contributed by atoms with Gasteiger partial charge in [-0.3, -0.25) is 0 Å². The number of unbranched alkanes of at least 4 members (excludes halogenated alkanes) is 2. The van der Waals surface area contributed by atoms with Gasteiger partial charge in [0.05, 0.1) is 11.5 Å². The molecule has 0 radical (unpaired) electrons. The van der Waals surface area contributed by atoms with Crippen molar-refractivity contribution in [3.63, 3.8) is 0 Å². The fourth-order valence-corrected chi connectivity index (χ4v) is 4.98. The molecule has 0 saturated carbocycles. The molecule has 0 aliphatic carbocycles. The smallest absolute Gasteiger partial charge is 0.242 e. The zero-order valence-corrected chi connectivity index (χ0v) is 13.4. The molecule has 0 bridgehead atoms. The third kappa shape index (κ3) is 4.56. The average Bonchev–Trinajstić information content (AvgIpc) is 2.70. The number of nitrogens with one attached hydrogen (secondary N) is 1. The van der Waals surface area contributed by atoms with Crippen molar-refractivity contribution in [2.75, 3.05) is 0 Å². The highest BCUT2D eigenvalue weighted by Gasteiger charge is 2.24. The molecular weight excluding hydrogens is 282 g/mol. The van der Waals surface area contributed by atoms with Gasteiger partial charge >= 0.3 is 0 Å². The lowest BCUT2D eigenvalue weighted by Gasteiger charge is -2.14. The summed E-state index contributed by atoms with van der Waals surface area (Å²) in [5.74, 6) is 0. The van der Waals surface area contributed by atoms with Crippen LogP contribution < -0.4 is 4.72 Å². The number of rotatable bonds is 8. The predicted molar refractivity (Wildman–Crippen MR) is 78.9 cm³/mol. The summed E-state index contributed by atoms with van der Waals surface area (Å²) >= 11 is 1.28. The number of aliphatic hydroxyl groups is 1. The quantitative estimate of drug-likeness (QED) is 0.726. The van der Waals surface area contributed by atoms with Crippen LogP contribution >= 0.6 is 11.3 Å². The molecule has 0 aliphatic rings. The Bertz CT molecular complexity index is 494.